The molecule has 1 fully saturated rings. The number of anilines is 1. The van der Waals surface area contributed by atoms with Crippen molar-refractivity contribution >= 4 is 27.3 Å². The highest BCUT2D eigenvalue weighted by Crippen LogP contribution is 2.33. The summed E-state index contributed by atoms with van der Waals surface area (Å²) in [7, 11) is 0. The molecule has 4 rings (SSSR count). The van der Waals surface area contributed by atoms with Gasteiger partial charge in [0.05, 0.1) is 9.99 Å². The minimum Gasteiger partial charge on any atom is -0.367 e. The number of hydrogen-bond donors (Lipinski definition) is 1. The molecule has 1 saturated carbocycles. The number of halogens is 2. The molecule has 3 nitrogen and oxygen atoms in total. The molecule has 0 aliphatic heterocycles. The van der Waals surface area contributed by atoms with Gasteiger partial charge in [0.15, 0.2) is 0 Å². The van der Waals surface area contributed by atoms with E-state index in [1.54, 1.807) is 12.1 Å². The maximum atomic E-state index is 13.2. The molecule has 1 N–H and O–H groups in total. The molecule has 1 aliphatic carbocycles. The van der Waals surface area contributed by atoms with Crippen LogP contribution in [0.3, 0.4) is 0 Å². The molecule has 0 spiro atoms. The third-order valence-corrected chi connectivity index (χ3v) is 5.20. The summed E-state index contributed by atoms with van der Waals surface area (Å²) in [5, 5.41) is 8.34. The van der Waals surface area contributed by atoms with Gasteiger partial charge in [-0.3, -0.25) is 0 Å². The summed E-state index contributed by atoms with van der Waals surface area (Å²) >= 11 is 3.65. The number of rotatable bonds is 3. The fourth-order valence-electron chi connectivity index (χ4n) is 3.22. The number of hydrogen-bond acceptors (Lipinski definition) is 2. The van der Waals surface area contributed by atoms with Gasteiger partial charge in [-0.25, -0.2) is 8.91 Å². The summed E-state index contributed by atoms with van der Waals surface area (Å²) in [4.78, 5) is 0. The molecule has 2 heterocycles. The highest BCUT2D eigenvalue weighted by Gasteiger charge is 2.18. The number of aromatic nitrogens is 2. The molecule has 0 unspecified atom stereocenters. The van der Waals surface area contributed by atoms with Gasteiger partial charge < -0.3 is 5.32 Å². The average Bonchev–Trinajstić information content (AvgIpc) is 3.18. The maximum Gasteiger partial charge on any atom is 0.128 e. The van der Waals surface area contributed by atoms with E-state index < -0.39 is 0 Å². The second-order valence-corrected chi connectivity index (χ2v) is 6.80. The van der Waals surface area contributed by atoms with Gasteiger partial charge >= 0.3 is 0 Å². The largest absolute Gasteiger partial charge is 0.367 e. The Labute approximate surface area is 142 Å². The smallest absolute Gasteiger partial charge is 0.128 e. The number of nitrogens with zero attached hydrogens (tertiary/aromatic N) is 2. The maximum absolute atomic E-state index is 13.2. The predicted molar refractivity (Wildman–Crippen MR) is 94.2 cm³/mol. The Bertz CT molecular complexity index is 835. The Morgan fingerprint density at radius 1 is 1.09 bits per heavy atom. The normalized spacial score (nSPS) is 15.4. The van der Waals surface area contributed by atoms with E-state index in [0.717, 1.165) is 27.1 Å². The van der Waals surface area contributed by atoms with Gasteiger partial charge in [-0.2, -0.15) is 5.10 Å². The summed E-state index contributed by atoms with van der Waals surface area (Å²) in [6, 6.07) is 13.1. The van der Waals surface area contributed by atoms with Crippen LogP contribution in [0.4, 0.5) is 10.2 Å². The lowest BCUT2D eigenvalue weighted by molar-refractivity contribution is 0.628. The minimum atomic E-state index is -0.239. The van der Waals surface area contributed by atoms with Crippen molar-refractivity contribution in [2.24, 2.45) is 0 Å². The first-order valence-electron chi connectivity index (χ1n) is 7.92. The summed E-state index contributed by atoms with van der Waals surface area (Å²) < 4.78 is 16.0. The van der Waals surface area contributed by atoms with Crippen LogP contribution in [0.15, 0.2) is 46.9 Å². The van der Waals surface area contributed by atoms with Crippen molar-refractivity contribution < 1.29 is 4.39 Å². The van der Waals surface area contributed by atoms with Gasteiger partial charge in [-0.15, -0.1) is 0 Å². The van der Waals surface area contributed by atoms with Crippen LogP contribution in [0.25, 0.3) is 16.8 Å². The quantitative estimate of drug-likeness (QED) is 0.678. The van der Waals surface area contributed by atoms with Crippen LogP contribution in [0.2, 0.25) is 0 Å². The first-order chi connectivity index (χ1) is 11.2. The Morgan fingerprint density at radius 3 is 2.57 bits per heavy atom. The number of pyridine rings is 1. The third kappa shape index (κ3) is 2.74. The Hall–Kier alpha value is -1.88. The fraction of sp³-hybridized carbons (Fsp3) is 0.278. The topological polar surface area (TPSA) is 29.3 Å². The van der Waals surface area contributed by atoms with Crippen molar-refractivity contribution in [3.63, 3.8) is 0 Å². The second-order valence-electron chi connectivity index (χ2n) is 6.00. The summed E-state index contributed by atoms with van der Waals surface area (Å²) in [5.74, 6) is 0.765. The van der Waals surface area contributed by atoms with Crippen LogP contribution < -0.4 is 5.32 Å². The van der Waals surface area contributed by atoms with Crippen molar-refractivity contribution in [1.29, 1.82) is 0 Å². The van der Waals surface area contributed by atoms with Crippen molar-refractivity contribution in [2.45, 2.75) is 31.7 Å². The Morgan fingerprint density at radius 2 is 1.83 bits per heavy atom. The van der Waals surface area contributed by atoms with Crippen LogP contribution in [0.5, 0.6) is 0 Å². The van der Waals surface area contributed by atoms with Crippen molar-refractivity contribution in [3.8, 4) is 11.3 Å². The highest BCUT2D eigenvalue weighted by atomic mass is 79.9. The second kappa shape index (κ2) is 5.96. The summed E-state index contributed by atoms with van der Waals surface area (Å²) in [6.07, 6.45) is 5.00. The minimum absolute atomic E-state index is 0.239. The Kier molecular flexibility index (Phi) is 3.81. The van der Waals surface area contributed by atoms with Gasteiger partial charge in [-0.1, -0.05) is 18.9 Å². The average molecular weight is 374 g/mol. The molecule has 23 heavy (non-hydrogen) atoms. The van der Waals surface area contributed by atoms with E-state index in [4.69, 9.17) is 5.10 Å². The molecule has 0 atom stereocenters. The molecule has 0 bridgehead atoms. The molecule has 1 aliphatic rings. The molecule has 0 radical (unpaired) electrons. The Balaban J connectivity index is 1.78. The lowest BCUT2D eigenvalue weighted by atomic mass is 10.1. The van der Waals surface area contributed by atoms with E-state index >= 15 is 0 Å². The summed E-state index contributed by atoms with van der Waals surface area (Å²) in [6.45, 7) is 0. The molecular formula is C18H17BrFN3. The van der Waals surface area contributed by atoms with Crippen molar-refractivity contribution in [2.75, 3.05) is 5.32 Å². The molecule has 5 heteroatoms. The lowest BCUT2D eigenvalue weighted by Gasteiger charge is -2.14. The number of benzene rings is 1. The van der Waals surface area contributed by atoms with E-state index in [1.807, 2.05) is 16.6 Å². The SMILES string of the molecule is Fc1ccc(-c2nn3c(NC4CCCC4)cccc3c2Br)cc1. The van der Waals surface area contributed by atoms with Crippen LogP contribution in [0.1, 0.15) is 25.7 Å². The first-order valence-corrected chi connectivity index (χ1v) is 8.71. The zero-order valence-corrected chi connectivity index (χ0v) is 14.2. The molecule has 2 aromatic heterocycles. The van der Waals surface area contributed by atoms with Crippen molar-refractivity contribution in [1.82, 2.24) is 9.61 Å². The van der Waals surface area contributed by atoms with Gasteiger partial charge in [0.2, 0.25) is 0 Å². The van der Waals surface area contributed by atoms with Crippen molar-refractivity contribution in [3.05, 3.63) is 52.8 Å². The van der Waals surface area contributed by atoms with Crippen LogP contribution in [-0.4, -0.2) is 15.7 Å². The van der Waals surface area contributed by atoms with Crippen LogP contribution in [-0.2, 0) is 0 Å². The highest BCUT2D eigenvalue weighted by molar-refractivity contribution is 9.10. The molecule has 0 saturated heterocycles. The lowest BCUT2D eigenvalue weighted by Crippen LogP contribution is -2.16. The predicted octanol–water partition coefficient (Wildman–Crippen LogP) is 5.26. The van der Waals surface area contributed by atoms with Gasteiger partial charge in [0.1, 0.15) is 17.3 Å². The zero-order valence-electron chi connectivity index (χ0n) is 12.6. The van der Waals surface area contributed by atoms with E-state index in [2.05, 4.69) is 27.3 Å². The zero-order chi connectivity index (χ0) is 15.8. The van der Waals surface area contributed by atoms with Gasteiger partial charge in [0, 0.05) is 11.6 Å². The van der Waals surface area contributed by atoms with E-state index in [9.17, 15) is 4.39 Å². The van der Waals surface area contributed by atoms with E-state index in [1.165, 1.54) is 37.8 Å². The monoisotopic (exact) mass is 373 g/mol. The molecule has 118 valence electrons. The van der Waals surface area contributed by atoms with E-state index in [-0.39, 0.29) is 5.82 Å². The molecular weight excluding hydrogens is 357 g/mol. The van der Waals surface area contributed by atoms with Gasteiger partial charge in [0.25, 0.3) is 0 Å². The number of nitrogens with one attached hydrogen (secondary N) is 1. The van der Waals surface area contributed by atoms with E-state index in [0.29, 0.717) is 6.04 Å². The third-order valence-electron chi connectivity index (χ3n) is 4.42. The molecule has 1 aromatic carbocycles. The molecule has 0 amide bonds. The summed E-state index contributed by atoms with van der Waals surface area (Å²) in [5.41, 5.74) is 2.73. The number of fused-ring (bicyclic) bond motifs is 1. The standard InChI is InChI=1S/C18H17BrFN3/c19-17-15-6-3-7-16(21-14-4-1-2-5-14)23(15)22-18(17)12-8-10-13(20)11-9-12/h3,6-11,14,21H,1-2,4-5H2. The molecule has 3 aromatic rings. The van der Waals surface area contributed by atoms with Crippen LogP contribution in [0, 0.1) is 5.82 Å². The fourth-order valence-corrected chi connectivity index (χ4v) is 3.83. The van der Waals surface area contributed by atoms with Crippen LogP contribution >= 0.6 is 15.9 Å². The van der Waals surface area contributed by atoms with Gasteiger partial charge in [-0.05, 0) is 65.2 Å². The first kappa shape index (κ1) is 14.7.